The minimum atomic E-state index is -1.46. The Balaban J connectivity index is 2.77. The Hall–Kier alpha value is -2.16. The molecule has 26 heavy (non-hydrogen) atoms. The second-order valence-corrected chi connectivity index (χ2v) is 6.14. The molecule has 1 N–H and O–H groups in total. The van der Waals surface area contributed by atoms with Crippen molar-refractivity contribution in [2.24, 2.45) is 0 Å². The summed E-state index contributed by atoms with van der Waals surface area (Å²) >= 11 is 1.45. The van der Waals surface area contributed by atoms with E-state index in [1.807, 2.05) is 20.1 Å². The molecule has 0 bridgehead atoms. The topological polar surface area (TPSA) is 107 Å². The van der Waals surface area contributed by atoms with Crippen LogP contribution in [0.2, 0.25) is 0 Å². The Labute approximate surface area is 157 Å². The smallest absolute Gasteiger partial charge is 0.340 e. The molecule has 1 rings (SSSR count). The quantitative estimate of drug-likeness (QED) is 0.295. The molecule has 0 aliphatic carbocycles. The minimum Gasteiger partial charge on any atom is -0.464 e. The van der Waals surface area contributed by atoms with Crippen molar-refractivity contribution in [3.8, 4) is 0 Å². The zero-order valence-corrected chi connectivity index (χ0v) is 16.6. The zero-order valence-electron chi connectivity index (χ0n) is 15.7. The molecule has 1 amide bonds. The van der Waals surface area contributed by atoms with E-state index in [4.69, 9.17) is 9.47 Å². The SMILES string of the molecule is CCOC(=O)C(NC(=O)CCc1c(C)nc(SC)nc1C)C(=O)OCC. The molecular formula is C17H25N3O5S. The molecule has 0 unspecified atom stereocenters. The van der Waals surface area contributed by atoms with Crippen LogP contribution in [-0.2, 0) is 30.3 Å². The summed E-state index contributed by atoms with van der Waals surface area (Å²) in [4.78, 5) is 44.7. The highest BCUT2D eigenvalue weighted by Crippen LogP contribution is 2.17. The zero-order chi connectivity index (χ0) is 19.7. The molecule has 1 aromatic rings. The third-order valence-electron chi connectivity index (χ3n) is 3.53. The van der Waals surface area contributed by atoms with Crippen LogP contribution in [0.5, 0.6) is 0 Å². The molecule has 1 aromatic heterocycles. The molecule has 144 valence electrons. The van der Waals surface area contributed by atoms with Crippen LogP contribution in [-0.4, -0.2) is 53.3 Å². The lowest BCUT2D eigenvalue weighted by Gasteiger charge is -2.16. The average Bonchev–Trinajstić information content (AvgIpc) is 2.58. The molecule has 8 nitrogen and oxygen atoms in total. The van der Waals surface area contributed by atoms with Gasteiger partial charge in [-0.1, -0.05) is 11.8 Å². The van der Waals surface area contributed by atoms with E-state index in [9.17, 15) is 14.4 Å². The van der Waals surface area contributed by atoms with Crippen LogP contribution in [0.4, 0.5) is 0 Å². The molecule has 0 radical (unpaired) electrons. The van der Waals surface area contributed by atoms with E-state index in [0.717, 1.165) is 17.0 Å². The second kappa shape index (κ2) is 10.7. The Kier molecular flexibility index (Phi) is 9.04. The fraction of sp³-hybridized carbons (Fsp3) is 0.588. The molecule has 9 heteroatoms. The molecule has 0 aliphatic heterocycles. The van der Waals surface area contributed by atoms with Gasteiger partial charge in [-0.25, -0.2) is 19.6 Å². The number of carbonyl (C=O) groups excluding carboxylic acids is 3. The molecule has 0 saturated heterocycles. The number of aromatic nitrogens is 2. The maximum atomic E-state index is 12.2. The number of nitrogens with one attached hydrogen (secondary N) is 1. The third-order valence-corrected chi connectivity index (χ3v) is 4.08. The first-order valence-corrected chi connectivity index (χ1v) is 9.57. The van der Waals surface area contributed by atoms with Gasteiger partial charge in [0.25, 0.3) is 0 Å². The van der Waals surface area contributed by atoms with Crippen molar-refractivity contribution in [3.05, 3.63) is 17.0 Å². The van der Waals surface area contributed by atoms with Crippen molar-refractivity contribution < 1.29 is 23.9 Å². The number of aryl methyl sites for hydroxylation is 2. The van der Waals surface area contributed by atoms with Crippen molar-refractivity contribution >= 4 is 29.6 Å². The van der Waals surface area contributed by atoms with E-state index in [1.165, 1.54) is 11.8 Å². The lowest BCUT2D eigenvalue weighted by atomic mass is 10.1. The first-order chi connectivity index (χ1) is 12.3. The first-order valence-electron chi connectivity index (χ1n) is 8.34. The van der Waals surface area contributed by atoms with Crippen LogP contribution in [0.25, 0.3) is 0 Å². The molecule has 0 aromatic carbocycles. The lowest BCUT2D eigenvalue weighted by molar-refractivity contribution is -0.159. The predicted octanol–water partition coefficient (Wildman–Crippen LogP) is 1.36. The summed E-state index contributed by atoms with van der Waals surface area (Å²) in [6, 6.07) is -1.46. The molecule has 0 saturated carbocycles. The third kappa shape index (κ3) is 6.29. The van der Waals surface area contributed by atoms with Crippen LogP contribution in [0.1, 0.15) is 37.2 Å². The number of esters is 2. The van der Waals surface area contributed by atoms with Gasteiger partial charge in [-0.2, -0.15) is 0 Å². The summed E-state index contributed by atoms with van der Waals surface area (Å²) in [7, 11) is 0. The number of nitrogens with zero attached hydrogens (tertiary/aromatic N) is 2. The number of ether oxygens (including phenoxy) is 2. The van der Waals surface area contributed by atoms with Crippen molar-refractivity contribution in [3.63, 3.8) is 0 Å². The fourth-order valence-corrected chi connectivity index (χ4v) is 2.76. The molecule has 0 atom stereocenters. The van der Waals surface area contributed by atoms with E-state index in [2.05, 4.69) is 15.3 Å². The van der Waals surface area contributed by atoms with E-state index >= 15 is 0 Å². The monoisotopic (exact) mass is 383 g/mol. The Morgan fingerprint density at radius 1 is 1.04 bits per heavy atom. The first kappa shape index (κ1) is 21.9. The van der Waals surface area contributed by atoms with Gasteiger partial charge in [0.1, 0.15) is 0 Å². The van der Waals surface area contributed by atoms with Crippen LogP contribution >= 0.6 is 11.8 Å². The Morgan fingerprint density at radius 2 is 1.54 bits per heavy atom. The average molecular weight is 383 g/mol. The van der Waals surface area contributed by atoms with Gasteiger partial charge < -0.3 is 14.8 Å². The van der Waals surface area contributed by atoms with Crippen molar-refractivity contribution in [2.45, 2.75) is 51.7 Å². The summed E-state index contributed by atoms with van der Waals surface area (Å²) in [6.45, 7) is 7.16. The molecule has 0 spiro atoms. The van der Waals surface area contributed by atoms with Crippen molar-refractivity contribution in [2.75, 3.05) is 19.5 Å². The van der Waals surface area contributed by atoms with Gasteiger partial charge >= 0.3 is 11.9 Å². The highest BCUT2D eigenvalue weighted by molar-refractivity contribution is 7.98. The molecule has 1 heterocycles. The number of carbonyl (C=O) groups is 3. The van der Waals surface area contributed by atoms with Gasteiger partial charge in [-0.3, -0.25) is 4.79 Å². The van der Waals surface area contributed by atoms with Gasteiger partial charge in [0, 0.05) is 17.8 Å². The van der Waals surface area contributed by atoms with Crippen molar-refractivity contribution in [1.82, 2.24) is 15.3 Å². The predicted molar refractivity (Wildman–Crippen MR) is 96.8 cm³/mol. The molecule has 0 aliphatic rings. The number of thioether (sulfide) groups is 1. The summed E-state index contributed by atoms with van der Waals surface area (Å²) in [5, 5.41) is 3.06. The number of hydrogen-bond donors (Lipinski definition) is 1. The second-order valence-electron chi connectivity index (χ2n) is 5.36. The fourth-order valence-electron chi connectivity index (χ4n) is 2.30. The summed E-state index contributed by atoms with van der Waals surface area (Å²) in [5.74, 6) is -2.12. The standard InChI is InChI=1S/C17H25N3O5S/c1-6-24-15(22)14(16(23)25-7-2)20-13(21)9-8-12-10(3)18-17(26-5)19-11(12)4/h14H,6-9H2,1-5H3,(H,20,21). The Morgan fingerprint density at radius 3 is 1.96 bits per heavy atom. The van der Waals surface area contributed by atoms with E-state index in [0.29, 0.717) is 11.6 Å². The largest absolute Gasteiger partial charge is 0.464 e. The molecular weight excluding hydrogens is 358 g/mol. The van der Waals surface area contributed by atoms with Gasteiger partial charge in [0.15, 0.2) is 5.16 Å². The van der Waals surface area contributed by atoms with Crippen LogP contribution < -0.4 is 5.32 Å². The normalized spacial score (nSPS) is 10.5. The van der Waals surface area contributed by atoms with E-state index in [1.54, 1.807) is 13.8 Å². The summed E-state index contributed by atoms with van der Waals surface area (Å²) in [6.07, 6.45) is 2.38. The van der Waals surface area contributed by atoms with Gasteiger partial charge in [-0.15, -0.1) is 0 Å². The number of amides is 1. The van der Waals surface area contributed by atoms with Gasteiger partial charge in [0.05, 0.1) is 13.2 Å². The Bertz CT molecular complexity index is 625. The maximum Gasteiger partial charge on any atom is 0.340 e. The highest BCUT2D eigenvalue weighted by atomic mass is 32.2. The minimum absolute atomic E-state index is 0.0823. The number of rotatable bonds is 9. The van der Waals surface area contributed by atoms with Crippen LogP contribution in [0.15, 0.2) is 5.16 Å². The van der Waals surface area contributed by atoms with Crippen LogP contribution in [0, 0.1) is 13.8 Å². The van der Waals surface area contributed by atoms with Crippen molar-refractivity contribution in [1.29, 1.82) is 0 Å². The lowest BCUT2D eigenvalue weighted by Crippen LogP contribution is -2.48. The number of hydrogen-bond acceptors (Lipinski definition) is 8. The van der Waals surface area contributed by atoms with Gasteiger partial charge in [0.2, 0.25) is 11.9 Å². The highest BCUT2D eigenvalue weighted by Gasteiger charge is 2.31. The molecule has 0 fully saturated rings. The maximum absolute atomic E-state index is 12.2. The van der Waals surface area contributed by atoms with E-state index in [-0.39, 0.29) is 19.6 Å². The van der Waals surface area contributed by atoms with Gasteiger partial charge in [-0.05, 0) is 45.9 Å². The summed E-state index contributed by atoms with van der Waals surface area (Å²) < 4.78 is 9.64. The van der Waals surface area contributed by atoms with E-state index < -0.39 is 23.9 Å². The summed E-state index contributed by atoms with van der Waals surface area (Å²) in [5.41, 5.74) is 2.49. The van der Waals surface area contributed by atoms with Crippen LogP contribution in [0.3, 0.4) is 0 Å².